The van der Waals surface area contributed by atoms with Gasteiger partial charge in [0.05, 0.1) is 11.5 Å². The molecule has 0 bridgehead atoms. The summed E-state index contributed by atoms with van der Waals surface area (Å²) < 4.78 is 5.42. The number of urea groups is 1. The fourth-order valence-electron chi connectivity index (χ4n) is 3.71. The van der Waals surface area contributed by atoms with E-state index in [0.29, 0.717) is 19.7 Å². The van der Waals surface area contributed by atoms with E-state index in [-0.39, 0.29) is 22.7 Å². The second-order valence-electron chi connectivity index (χ2n) is 7.31. The smallest absolute Gasteiger partial charge is 0.321 e. The maximum absolute atomic E-state index is 12.6. The number of hydrogen-bond donors (Lipinski definition) is 1. The van der Waals surface area contributed by atoms with Gasteiger partial charge in [-0.1, -0.05) is 13.8 Å². The monoisotopic (exact) mass is 391 g/mol. The summed E-state index contributed by atoms with van der Waals surface area (Å²) in [6, 6.07) is 7.33. The molecular formula is C20H29N3O3S. The van der Waals surface area contributed by atoms with Crippen LogP contribution < -0.4 is 10.1 Å². The Morgan fingerprint density at radius 2 is 1.85 bits per heavy atom. The fourth-order valence-corrected chi connectivity index (χ4v) is 5.17. The van der Waals surface area contributed by atoms with Crippen LogP contribution in [0, 0.1) is 5.92 Å². The van der Waals surface area contributed by atoms with Crippen molar-refractivity contribution in [3.05, 3.63) is 24.3 Å². The van der Waals surface area contributed by atoms with Crippen LogP contribution in [0.5, 0.6) is 5.75 Å². The van der Waals surface area contributed by atoms with Gasteiger partial charge < -0.3 is 19.9 Å². The Balaban J connectivity index is 1.56. The van der Waals surface area contributed by atoms with Crippen molar-refractivity contribution in [1.82, 2.24) is 9.80 Å². The Morgan fingerprint density at radius 3 is 2.44 bits per heavy atom. The molecule has 2 saturated heterocycles. The van der Waals surface area contributed by atoms with E-state index in [9.17, 15) is 9.59 Å². The molecule has 2 fully saturated rings. The van der Waals surface area contributed by atoms with Crippen molar-refractivity contribution < 1.29 is 14.3 Å². The van der Waals surface area contributed by atoms with Crippen LogP contribution in [-0.2, 0) is 4.79 Å². The minimum atomic E-state index is -0.128. The number of carbonyl (C=O) groups is 2. The molecule has 2 aliphatic heterocycles. The van der Waals surface area contributed by atoms with E-state index in [1.54, 1.807) is 0 Å². The summed E-state index contributed by atoms with van der Waals surface area (Å²) >= 11 is 1.88. The lowest BCUT2D eigenvalue weighted by Crippen LogP contribution is -2.55. The summed E-state index contributed by atoms with van der Waals surface area (Å²) in [6.07, 6.45) is 1.65. The number of piperidine rings is 1. The van der Waals surface area contributed by atoms with E-state index in [1.165, 1.54) is 0 Å². The lowest BCUT2D eigenvalue weighted by Gasteiger charge is -2.44. The molecule has 3 rings (SSSR count). The average molecular weight is 392 g/mol. The highest BCUT2D eigenvalue weighted by Gasteiger charge is 2.47. The number of nitrogens with zero attached hydrogens (tertiary/aromatic N) is 2. The summed E-state index contributed by atoms with van der Waals surface area (Å²) in [5.41, 5.74) is 0.760. The molecule has 0 saturated carbocycles. The summed E-state index contributed by atoms with van der Waals surface area (Å²) in [6.45, 7) is 8.62. The second-order valence-corrected chi connectivity index (χ2v) is 8.77. The van der Waals surface area contributed by atoms with Gasteiger partial charge in [-0.3, -0.25) is 4.79 Å². The Hall–Kier alpha value is -1.89. The quantitative estimate of drug-likeness (QED) is 0.851. The first-order chi connectivity index (χ1) is 12.9. The lowest BCUT2D eigenvalue weighted by molar-refractivity contribution is -0.137. The molecule has 0 radical (unpaired) electrons. The molecule has 6 nitrogen and oxygen atoms in total. The summed E-state index contributed by atoms with van der Waals surface area (Å²) in [7, 11) is 0. The Morgan fingerprint density at radius 1 is 1.19 bits per heavy atom. The molecule has 1 aromatic rings. The van der Waals surface area contributed by atoms with Crippen molar-refractivity contribution in [2.24, 2.45) is 5.92 Å². The van der Waals surface area contributed by atoms with Gasteiger partial charge in [-0.15, -0.1) is 11.8 Å². The zero-order chi connectivity index (χ0) is 19.4. The van der Waals surface area contributed by atoms with E-state index >= 15 is 0 Å². The number of carbonyl (C=O) groups excluding carboxylic acids is 2. The number of nitrogens with one attached hydrogen (secondary N) is 1. The van der Waals surface area contributed by atoms with Crippen LogP contribution in [0.2, 0.25) is 0 Å². The number of amides is 3. The first-order valence-electron chi connectivity index (χ1n) is 9.69. The number of anilines is 1. The van der Waals surface area contributed by atoms with E-state index in [1.807, 2.05) is 61.7 Å². The maximum Gasteiger partial charge on any atom is 0.321 e. The third-order valence-corrected chi connectivity index (χ3v) is 6.74. The highest BCUT2D eigenvalue weighted by Crippen LogP contribution is 2.44. The van der Waals surface area contributed by atoms with Gasteiger partial charge in [0.25, 0.3) is 0 Å². The summed E-state index contributed by atoms with van der Waals surface area (Å²) in [5, 5.41) is 2.96. The Kier molecular flexibility index (Phi) is 6.19. The van der Waals surface area contributed by atoms with Gasteiger partial charge in [0.2, 0.25) is 5.91 Å². The van der Waals surface area contributed by atoms with Crippen LogP contribution in [0.4, 0.5) is 10.5 Å². The summed E-state index contributed by atoms with van der Waals surface area (Å²) in [4.78, 5) is 28.9. The molecule has 0 unspecified atom stereocenters. The predicted octanol–water partition coefficient (Wildman–Crippen LogP) is 3.64. The minimum absolute atomic E-state index is 0.0153. The number of thioether (sulfide) groups is 1. The number of hydrogen-bond acceptors (Lipinski definition) is 4. The van der Waals surface area contributed by atoms with E-state index in [0.717, 1.165) is 36.6 Å². The standard InChI is InChI=1S/C20H29N3O3S/c1-4-26-17-7-5-16(6-8-17)21-19(25)22-11-9-20(10-12-22)23(13-14-27-20)18(24)15(2)3/h5-8,15H,4,9-14H2,1-3H3,(H,21,25). The van der Waals surface area contributed by atoms with Crippen molar-refractivity contribution in [2.45, 2.75) is 38.5 Å². The van der Waals surface area contributed by atoms with Crippen molar-refractivity contribution >= 4 is 29.4 Å². The molecule has 2 heterocycles. The molecule has 1 N–H and O–H groups in total. The Labute approximate surface area is 165 Å². The van der Waals surface area contributed by atoms with Gasteiger partial charge in [-0.05, 0) is 44.0 Å². The molecule has 1 aromatic carbocycles. The van der Waals surface area contributed by atoms with E-state index in [2.05, 4.69) is 10.2 Å². The van der Waals surface area contributed by atoms with Crippen molar-refractivity contribution in [3.8, 4) is 5.75 Å². The summed E-state index contributed by atoms with van der Waals surface area (Å²) in [5.74, 6) is 2.02. The number of benzene rings is 1. The third kappa shape index (κ3) is 4.34. The maximum atomic E-state index is 12.6. The zero-order valence-corrected chi connectivity index (χ0v) is 17.2. The van der Waals surface area contributed by atoms with Crippen molar-refractivity contribution in [1.29, 1.82) is 0 Å². The van der Waals surface area contributed by atoms with Crippen LogP contribution in [0.25, 0.3) is 0 Å². The number of likely N-dealkylation sites (tertiary alicyclic amines) is 1. The first-order valence-corrected chi connectivity index (χ1v) is 10.7. The van der Waals surface area contributed by atoms with Gasteiger partial charge in [-0.25, -0.2) is 4.79 Å². The van der Waals surface area contributed by atoms with Crippen LogP contribution in [-0.4, -0.2) is 58.6 Å². The van der Waals surface area contributed by atoms with Crippen LogP contribution in [0.15, 0.2) is 24.3 Å². The molecule has 148 valence electrons. The molecule has 2 aliphatic rings. The number of rotatable bonds is 4. The second kappa shape index (κ2) is 8.42. The van der Waals surface area contributed by atoms with Crippen LogP contribution in [0.3, 0.4) is 0 Å². The van der Waals surface area contributed by atoms with Gasteiger partial charge in [-0.2, -0.15) is 0 Å². The van der Waals surface area contributed by atoms with Crippen LogP contribution in [0.1, 0.15) is 33.6 Å². The van der Waals surface area contributed by atoms with Gasteiger partial charge >= 0.3 is 6.03 Å². The molecule has 0 atom stereocenters. The number of ether oxygens (including phenoxy) is 1. The average Bonchev–Trinajstić information content (AvgIpc) is 3.06. The molecule has 0 aromatic heterocycles. The zero-order valence-electron chi connectivity index (χ0n) is 16.4. The molecular weight excluding hydrogens is 362 g/mol. The fraction of sp³-hybridized carbons (Fsp3) is 0.600. The topological polar surface area (TPSA) is 61.9 Å². The Bertz CT molecular complexity index is 670. The van der Waals surface area contributed by atoms with Crippen molar-refractivity contribution in [3.63, 3.8) is 0 Å². The first kappa shape index (κ1) is 19.9. The molecule has 3 amide bonds. The molecule has 27 heavy (non-hydrogen) atoms. The molecule has 7 heteroatoms. The third-order valence-electron chi connectivity index (χ3n) is 5.19. The highest BCUT2D eigenvalue weighted by molar-refractivity contribution is 8.00. The normalized spacial score (nSPS) is 18.8. The highest BCUT2D eigenvalue weighted by atomic mass is 32.2. The van der Waals surface area contributed by atoms with Gasteiger partial charge in [0.15, 0.2) is 0 Å². The van der Waals surface area contributed by atoms with E-state index < -0.39 is 0 Å². The molecule has 0 aliphatic carbocycles. The predicted molar refractivity (Wildman–Crippen MR) is 109 cm³/mol. The molecule has 1 spiro atoms. The lowest BCUT2D eigenvalue weighted by atomic mass is 10.0. The van der Waals surface area contributed by atoms with Gasteiger partial charge in [0, 0.05) is 37.0 Å². The van der Waals surface area contributed by atoms with Gasteiger partial charge in [0.1, 0.15) is 5.75 Å². The van der Waals surface area contributed by atoms with Crippen molar-refractivity contribution in [2.75, 3.05) is 37.3 Å². The SMILES string of the molecule is CCOc1ccc(NC(=O)N2CCC3(CC2)SCCN3C(=O)C(C)C)cc1. The largest absolute Gasteiger partial charge is 0.494 e. The minimum Gasteiger partial charge on any atom is -0.494 e. The van der Waals surface area contributed by atoms with Crippen LogP contribution >= 0.6 is 11.8 Å². The van der Waals surface area contributed by atoms with E-state index in [4.69, 9.17) is 4.74 Å².